The molecular weight excluding hydrogens is 349 g/mol. The van der Waals surface area contributed by atoms with E-state index in [-0.39, 0.29) is 10.3 Å². The molecular formula is C9H17ClF6N2O2P-. The van der Waals surface area contributed by atoms with Gasteiger partial charge in [-0.2, -0.15) is 0 Å². The molecule has 0 aromatic carbocycles. The molecule has 2 heterocycles. The van der Waals surface area contributed by atoms with Gasteiger partial charge in [0, 0.05) is 26.2 Å². The van der Waals surface area contributed by atoms with Crippen LogP contribution in [0.5, 0.6) is 0 Å². The molecule has 0 N–H and O–H groups in total. The second-order valence-electron chi connectivity index (χ2n) is 4.25. The van der Waals surface area contributed by atoms with Crippen LogP contribution < -0.4 is 4.70 Å². The number of hydrogen-bond donors (Lipinski definition) is 0. The molecule has 0 aromatic rings. The van der Waals surface area contributed by atoms with Gasteiger partial charge in [-0.3, -0.25) is 9.80 Å². The van der Waals surface area contributed by atoms with E-state index in [2.05, 4.69) is 9.80 Å². The molecule has 0 bridgehead atoms. The summed E-state index contributed by atoms with van der Waals surface area (Å²) >= 11 is 6.38. The van der Waals surface area contributed by atoms with Crippen LogP contribution in [0.4, 0.5) is 21.0 Å². The molecule has 12 heteroatoms. The SMILES string of the molecule is ClC(N1CCOCC1)N1CCOCC1.FP(F)(F)(F)F.[F-]. The normalized spacial score (nSPS) is 23.5. The van der Waals surface area contributed by atoms with Gasteiger partial charge in [0.2, 0.25) is 0 Å². The Bertz CT molecular complexity index is 263. The van der Waals surface area contributed by atoms with Crippen molar-refractivity contribution in [1.29, 1.82) is 0 Å². The fraction of sp³-hybridized carbons (Fsp3) is 1.00. The van der Waals surface area contributed by atoms with Gasteiger partial charge in [0.05, 0.1) is 26.4 Å². The van der Waals surface area contributed by atoms with E-state index in [9.17, 15) is 21.0 Å². The predicted molar refractivity (Wildman–Crippen MR) is 66.9 cm³/mol. The van der Waals surface area contributed by atoms with Gasteiger partial charge in [-0.25, -0.2) is 0 Å². The molecule has 0 radical (unpaired) electrons. The van der Waals surface area contributed by atoms with E-state index in [0.717, 1.165) is 52.6 Å². The predicted octanol–water partition coefficient (Wildman–Crippen LogP) is 0.139. The molecule has 0 aliphatic carbocycles. The summed E-state index contributed by atoms with van der Waals surface area (Å²) in [6.45, 7) is 6.94. The van der Waals surface area contributed by atoms with Crippen molar-refractivity contribution in [3.05, 3.63) is 0 Å². The smallest absolute Gasteiger partial charge is 1.00 e. The van der Waals surface area contributed by atoms with Crippen molar-refractivity contribution in [2.75, 3.05) is 52.6 Å². The molecule has 0 aromatic heterocycles. The molecule has 0 saturated carbocycles. The van der Waals surface area contributed by atoms with Gasteiger partial charge >= 0.3 is 29.1 Å². The standard InChI is InChI=1S/C9H17ClN2O2.F5P.FH/c10-9(11-1-5-13-6-2-11)12-3-7-14-8-4-12;1-6(2,3,4)5;/h9H,1-8H2;;1H/p-1. The fourth-order valence-corrected chi connectivity index (χ4v) is 2.20. The maximum atomic E-state index is 9.84. The van der Waals surface area contributed by atoms with Crippen LogP contribution >= 0.6 is 19.8 Å². The fourth-order valence-electron chi connectivity index (χ4n) is 1.81. The van der Waals surface area contributed by atoms with Gasteiger partial charge in [-0.05, 0) is 0 Å². The van der Waals surface area contributed by atoms with Gasteiger partial charge in [0.25, 0.3) is 0 Å². The van der Waals surface area contributed by atoms with E-state index in [0.29, 0.717) is 0 Å². The molecule has 2 rings (SSSR count). The zero-order valence-corrected chi connectivity index (χ0v) is 12.7. The van der Waals surface area contributed by atoms with Gasteiger partial charge in [-0.15, -0.1) is 0 Å². The number of rotatable bonds is 2. The van der Waals surface area contributed by atoms with Crippen molar-refractivity contribution in [2.24, 2.45) is 0 Å². The summed E-state index contributed by atoms with van der Waals surface area (Å²) in [5, 5.41) is 0. The topological polar surface area (TPSA) is 24.9 Å². The second-order valence-corrected chi connectivity index (χ2v) is 5.91. The molecule has 0 spiro atoms. The first kappa shape index (κ1) is 21.1. The van der Waals surface area contributed by atoms with Crippen molar-refractivity contribution in [3.63, 3.8) is 0 Å². The Hall–Kier alpha value is 0.140. The summed E-state index contributed by atoms with van der Waals surface area (Å²) in [6, 6.07) is 0. The molecule has 4 nitrogen and oxygen atoms in total. The van der Waals surface area contributed by atoms with E-state index in [1.54, 1.807) is 0 Å². The zero-order valence-electron chi connectivity index (χ0n) is 11.0. The molecule has 21 heavy (non-hydrogen) atoms. The quantitative estimate of drug-likeness (QED) is 0.301. The summed E-state index contributed by atoms with van der Waals surface area (Å²) in [4.78, 5) is 4.52. The van der Waals surface area contributed by atoms with Crippen LogP contribution in [0.25, 0.3) is 0 Å². The Kier molecular flexibility index (Phi) is 8.75. The molecule has 0 unspecified atom stereocenters. The number of morpholine rings is 2. The van der Waals surface area contributed by atoms with E-state index in [4.69, 9.17) is 21.1 Å². The summed E-state index contributed by atoms with van der Waals surface area (Å²) in [5.74, 6) is 0. The molecule has 2 saturated heterocycles. The third-order valence-electron chi connectivity index (χ3n) is 2.69. The van der Waals surface area contributed by atoms with Gasteiger partial charge in [-0.1, -0.05) is 11.6 Å². The first-order valence-corrected chi connectivity index (χ1v) is 8.13. The minimum Gasteiger partial charge on any atom is -1.00 e. The van der Waals surface area contributed by atoms with Crippen LogP contribution in [0.15, 0.2) is 0 Å². The Labute approximate surface area is 124 Å². The average molecular weight is 366 g/mol. The maximum Gasteiger partial charge on any atom is -1.00 e. The Morgan fingerprint density at radius 1 is 0.762 bits per heavy atom. The molecule has 130 valence electrons. The maximum absolute atomic E-state index is 9.84. The third-order valence-corrected chi connectivity index (χ3v) is 3.25. The molecule has 0 atom stereocenters. The Morgan fingerprint density at radius 2 is 1.00 bits per heavy atom. The summed E-state index contributed by atoms with van der Waals surface area (Å²) in [7, 11) is -8.55. The molecule has 0 amide bonds. The number of alkyl halides is 1. The first-order valence-electron chi connectivity index (χ1n) is 6.00. The van der Waals surface area contributed by atoms with Crippen molar-refractivity contribution in [2.45, 2.75) is 5.62 Å². The summed E-state index contributed by atoms with van der Waals surface area (Å²) in [6.07, 6.45) is 0. The van der Waals surface area contributed by atoms with E-state index in [1.807, 2.05) is 0 Å². The second kappa shape index (κ2) is 8.69. The van der Waals surface area contributed by atoms with Crippen LogP contribution in [0.1, 0.15) is 0 Å². The first-order chi connectivity index (χ1) is 9.11. The largest absolute Gasteiger partial charge is 1.00 e. The Balaban J connectivity index is 0.000000495. The summed E-state index contributed by atoms with van der Waals surface area (Å²) < 4.78 is 59.8. The van der Waals surface area contributed by atoms with E-state index >= 15 is 0 Å². The molecule has 2 aliphatic heterocycles. The minimum absolute atomic E-state index is 0. The number of halogens is 7. The number of nitrogens with zero attached hydrogens (tertiary/aromatic N) is 2. The minimum atomic E-state index is -8.55. The van der Waals surface area contributed by atoms with Crippen molar-refractivity contribution < 1.29 is 35.2 Å². The van der Waals surface area contributed by atoms with Crippen molar-refractivity contribution in [3.8, 4) is 0 Å². The van der Waals surface area contributed by atoms with Crippen LogP contribution in [0.2, 0.25) is 0 Å². The van der Waals surface area contributed by atoms with E-state index in [1.165, 1.54) is 0 Å². The van der Waals surface area contributed by atoms with Gasteiger partial charge in [0.1, 0.15) is 5.62 Å². The van der Waals surface area contributed by atoms with E-state index < -0.39 is 8.16 Å². The van der Waals surface area contributed by atoms with Crippen molar-refractivity contribution >= 4 is 19.8 Å². The van der Waals surface area contributed by atoms with Crippen LogP contribution in [0, 0.1) is 0 Å². The zero-order chi connectivity index (χ0) is 15.3. The van der Waals surface area contributed by atoms with Gasteiger partial charge in [0.15, 0.2) is 0 Å². The number of ether oxygens (including phenoxy) is 2. The average Bonchev–Trinajstić information content (AvgIpc) is 2.37. The van der Waals surface area contributed by atoms with Gasteiger partial charge < -0.3 is 14.2 Å². The summed E-state index contributed by atoms with van der Waals surface area (Å²) in [5.41, 5.74) is 0.0165. The van der Waals surface area contributed by atoms with Crippen LogP contribution in [-0.2, 0) is 9.47 Å². The van der Waals surface area contributed by atoms with Crippen molar-refractivity contribution in [1.82, 2.24) is 9.80 Å². The van der Waals surface area contributed by atoms with Crippen LogP contribution in [0.3, 0.4) is 0 Å². The Morgan fingerprint density at radius 3 is 1.24 bits per heavy atom. The van der Waals surface area contributed by atoms with Crippen LogP contribution in [-0.4, -0.2) is 68.0 Å². The third kappa shape index (κ3) is 11.4. The number of hydrogen-bond acceptors (Lipinski definition) is 4. The molecule has 2 fully saturated rings. The monoisotopic (exact) mass is 365 g/mol. The molecule has 2 aliphatic rings.